The van der Waals surface area contributed by atoms with Gasteiger partial charge in [-0.25, -0.2) is 4.98 Å². The zero-order chi connectivity index (χ0) is 18.3. The lowest BCUT2D eigenvalue weighted by Gasteiger charge is -2.35. The first-order valence-electron chi connectivity index (χ1n) is 9.53. The largest absolute Gasteiger partial charge is 0.339 e. The summed E-state index contributed by atoms with van der Waals surface area (Å²) in [6, 6.07) is 0.372. The Morgan fingerprint density at radius 3 is 2.96 bits per heavy atom. The van der Waals surface area contributed by atoms with Crippen molar-refractivity contribution in [1.82, 2.24) is 14.5 Å². The molecule has 0 radical (unpaired) electrons. The number of aromatic nitrogens is 2. The van der Waals surface area contributed by atoms with Gasteiger partial charge in [0.2, 0.25) is 5.91 Å². The Balaban J connectivity index is 1.55. The van der Waals surface area contributed by atoms with Crippen molar-refractivity contribution in [1.29, 1.82) is 0 Å². The first-order chi connectivity index (χ1) is 12.6. The lowest BCUT2D eigenvalue weighted by Crippen LogP contribution is -2.44. The van der Waals surface area contributed by atoms with E-state index < -0.39 is 0 Å². The Kier molecular flexibility index (Phi) is 5.10. The molecule has 0 unspecified atom stereocenters. The van der Waals surface area contributed by atoms with Crippen molar-refractivity contribution >= 4 is 39.2 Å². The quantitative estimate of drug-likeness (QED) is 0.592. The third kappa shape index (κ3) is 3.09. The van der Waals surface area contributed by atoms with Gasteiger partial charge >= 0.3 is 0 Å². The molecular weight excluding hydrogens is 366 g/mol. The van der Waals surface area contributed by atoms with Crippen LogP contribution in [0, 0.1) is 0 Å². The Hall–Kier alpha value is -1.34. The second-order valence-corrected chi connectivity index (χ2v) is 9.26. The van der Waals surface area contributed by atoms with Crippen molar-refractivity contribution < 1.29 is 4.79 Å². The summed E-state index contributed by atoms with van der Waals surface area (Å²) in [5.74, 6) is 0.525. The maximum atomic E-state index is 12.8. The van der Waals surface area contributed by atoms with Gasteiger partial charge in [-0.05, 0) is 50.5 Å². The van der Waals surface area contributed by atoms with E-state index in [-0.39, 0.29) is 11.5 Å². The Bertz CT molecular complexity index is 902. The van der Waals surface area contributed by atoms with Crippen LogP contribution in [0.3, 0.4) is 0 Å². The van der Waals surface area contributed by atoms with Crippen LogP contribution in [-0.4, -0.2) is 38.7 Å². The van der Waals surface area contributed by atoms with Gasteiger partial charge in [-0.1, -0.05) is 18.7 Å². The molecule has 2 aromatic heterocycles. The average Bonchev–Trinajstić information content (AvgIpc) is 3.23. The first kappa shape index (κ1) is 18.0. The van der Waals surface area contributed by atoms with Crippen LogP contribution in [0.2, 0.25) is 0 Å². The summed E-state index contributed by atoms with van der Waals surface area (Å²) in [5.41, 5.74) is 1.25. The highest BCUT2D eigenvalue weighted by Gasteiger charge is 2.26. The number of thioether (sulfide) groups is 1. The highest BCUT2D eigenvalue weighted by molar-refractivity contribution is 7.99. The number of thiophene rings is 1. The van der Waals surface area contributed by atoms with E-state index in [0.717, 1.165) is 55.3 Å². The van der Waals surface area contributed by atoms with Crippen molar-refractivity contribution in [3.8, 4) is 0 Å². The molecule has 1 amide bonds. The lowest BCUT2D eigenvalue weighted by molar-refractivity contribution is -0.132. The van der Waals surface area contributed by atoms with Crippen molar-refractivity contribution in [2.45, 2.75) is 63.1 Å². The molecular formula is C19H25N3O2S2. The number of amides is 1. The van der Waals surface area contributed by atoms with Crippen LogP contribution < -0.4 is 5.56 Å². The summed E-state index contributed by atoms with van der Waals surface area (Å²) in [7, 11) is 1.77. The van der Waals surface area contributed by atoms with Crippen LogP contribution >= 0.6 is 23.1 Å². The number of rotatable bonds is 4. The van der Waals surface area contributed by atoms with Gasteiger partial charge in [0.15, 0.2) is 5.16 Å². The van der Waals surface area contributed by atoms with E-state index in [4.69, 9.17) is 4.98 Å². The summed E-state index contributed by atoms with van der Waals surface area (Å²) in [6.07, 6.45) is 7.62. The third-order valence-electron chi connectivity index (χ3n) is 5.65. The fourth-order valence-electron chi connectivity index (χ4n) is 4.20. The molecule has 4 rings (SSSR count). The molecule has 140 valence electrons. The van der Waals surface area contributed by atoms with Gasteiger partial charge in [0, 0.05) is 24.5 Å². The Labute approximate surface area is 161 Å². The van der Waals surface area contributed by atoms with Gasteiger partial charge in [-0.3, -0.25) is 14.2 Å². The summed E-state index contributed by atoms with van der Waals surface area (Å²) in [5, 5.41) is 1.46. The third-order valence-corrected chi connectivity index (χ3v) is 7.85. The number of hydrogen-bond acceptors (Lipinski definition) is 5. The normalized spacial score (nSPS) is 19.9. The fraction of sp³-hybridized carbons (Fsp3) is 0.632. The van der Waals surface area contributed by atoms with Crippen LogP contribution in [0.5, 0.6) is 0 Å². The van der Waals surface area contributed by atoms with Crippen molar-refractivity contribution in [2.75, 3.05) is 12.3 Å². The van der Waals surface area contributed by atoms with Crippen molar-refractivity contribution in [3.05, 3.63) is 20.8 Å². The highest BCUT2D eigenvalue weighted by atomic mass is 32.2. The van der Waals surface area contributed by atoms with Gasteiger partial charge < -0.3 is 4.90 Å². The standard InChI is InChI=1S/C19H25N3O2S2/c1-3-12-7-4-5-10-22(12)15(23)11-25-19-20-17-16(18(24)21(19)2)13-8-6-9-14(13)26-17/h12H,3-11H2,1-2H3/t12-/m0/s1. The molecule has 2 aliphatic rings. The number of carbonyl (C=O) groups excluding carboxylic acids is 1. The molecule has 1 aliphatic carbocycles. The minimum absolute atomic E-state index is 0.0359. The molecule has 0 spiro atoms. The van der Waals surface area contributed by atoms with Crippen LogP contribution in [0.15, 0.2) is 9.95 Å². The number of likely N-dealkylation sites (tertiary alicyclic amines) is 1. The molecule has 1 saturated heterocycles. The second-order valence-electron chi connectivity index (χ2n) is 7.23. The van der Waals surface area contributed by atoms with Crippen molar-refractivity contribution in [2.24, 2.45) is 7.05 Å². The molecule has 0 aromatic carbocycles. The molecule has 0 bridgehead atoms. The number of aryl methyl sites for hydroxylation is 2. The molecule has 1 atom stereocenters. The molecule has 7 heteroatoms. The molecule has 0 saturated carbocycles. The van der Waals surface area contributed by atoms with E-state index in [1.54, 1.807) is 23.0 Å². The lowest BCUT2D eigenvalue weighted by atomic mass is 10.0. The molecule has 3 heterocycles. The maximum absolute atomic E-state index is 12.8. The van der Waals surface area contributed by atoms with Crippen LogP contribution in [-0.2, 0) is 24.7 Å². The van der Waals surface area contributed by atoms with E-state index in [2.05, 4.69) is 6.92 Å². The Morgan fingerprint density at radius 1 is 1.31 bits per heavy atom. The summed E-state index contributed by atoms with van der Waals surface area (Å²) >= 11 is 3.06. The minimum Gasteiger partial charge on any atom is -0.339 e. The number of carbonyl (C=O) groups is 1. The second kappa shape index (κ2) is 7.35. The van der Waals surface area contributed by atoms with Crippen LogP contribution in [0.25, 0.3) is 10.2 Å². The zero-order valence-electron chi connectivity index (χ0n) is 15.4. The maximum Gasteiger partial charge on any atom is 0.262 e. The van der Waals surface area contributed by atoms with Crippen LogP contribution in [0.4, 0.5) is 0 Å². The van der Waals surface area contributed by atoms with Gasteiger partial charge in [-0.2, -0.15) is 0 Å². The van der Waals surface area contributed by atoms with E-state index >= 15 is 0 Å². The Morgan fingerprint density at radius 2 is 2.15 bits per heavy atom. The van der Waals surface area contributed by atoms with Gasteiger partial charge in [0.1, 0.15) is 4.83 Å². The van der Waals surface area contributed by atoms with E-state index in [1.165, 1.54) is 28.6 Å². The monoisotopic (exact) mass is 391 g/mol. The number of fused-ring (bicyclic) bond motifs is 3. The van der Waals surface area contributed by atoms with Gasteiger partial charge in [0.25, 0.3) is 5.56 Å². The predicted molar refractivity (Wildman–Crippen MR) is 107 cm³/mol. The SMILES string of the molecule is CC[C@H]1CCCCN1C(=O)CSc1nc2sc3c(c2c(=O)n1C)CCC3. The zero-order valence-corrected chi connectivity index (χ0v) is 17.0. The summed E-state index contributed by atoms with van der Waals surface area (Å²) in [6.45, 7) is 3.01. The van der Waals surface area contributed by atoms with E-state index in [0.29, 0.717) is 17.0 Å². The van der Waals surface area contributed by atoms with Gasteiger partial charge in [0.05, 0.1) is 11.1 Å². The molecule has 26 heavy (non-hydrogen) atoms. The number of nitrogens with zero attached hydrogens (tertiary/aromatic N) is 3. The molecule has 2 aromatic rings. The molecule has 5 nitrogen and oxygen atoms in total. The molecule has 0 N–H and O–H groups in total. The number of hydrogen-bond donors (Lipinski definition) is 0. The van der Waals surface area contributed by atoms with E-state index in [1.807, 2.05) is 4.90 Å². The highest BCUT2D eigenvalue weighted by Crippen LogP contribution is 2.35. The summed E-state index contributed by atoms with van der Waals surface area (Å²) in [4.78, 5) is 34.5. The predicted octanol–water partition coefficient (Wildman–Crippen LogP) is 3.37. The topological polar surface area (TPSA) is 55.2 Å². The average molecular weight is 392 g/mol. The first-order valence-corrected chi connectivity index (χ1v) is 11.3. The number of piperidine rings is 1. The fourth-order valence-corrected chi connectivity index (χ4v) is 6.36. The summed E-state index contributed by atoms with van der Waals surface area (Å²) < 4.78 is 1.62. The van der Waals surface area contributed by atoms with E-state index in [9.17, 15) is 9.59 Å². The molecule has 1 fully saturated rings. The van der Waals surface area contributed by atoms with Crippen molar-refractivity contribution in [3.63, 3.8) is 0 Å². The smallest absolute Gasteiger partial charge is 0.262 e. The van der Waals surface area contributed by atoms with Crippen LogP contribution in [0.1, 0.15) is 49.5 Å². The minimum atomic E-state index is 0.0359. The van der Waals surface area contributed by atoms with Gasteiger partial charge in [-0.15, -0.1) is 11.3 Å². The molecule has 1 aliphatic heterocycles.